The minimum atomic E-state index is -3.19. The van der Waals surface area contributed by atoms with E-state index in [0.717, 1.165) is 24.4 Å². The molecule has 0 spiro atoms. The predicted molar refractivity (Wildman–Crippen MR) is 97.9 cm³/mol. The maximum atomic E-state index is 12.0. The van der Waals surface area contributed by atoms with Gasteiger partial charge in [-0.3, -0.25) is 4.90 Å². The second-order valence-electron chi connectivity index (χ2n) is 6.28. The Hall–Kier alpha value is -1.11. The molecule has 1 aromatic carbocycles. The van der Waals surface area contributed by atoms with E-state index in [-0.39, 0.29) is 11.8 Å². The molecule has 0 saturated carbocycles. The minimum Gasteiger partial charge on any atom is -0.494 e. The van der Waals surface area contributed by atoms with Gasteiger partial charge in [-0.2, -0.15) is 0 Å². The molecule has 0 aliphatic carbocycles. The molecule has 1 aromatic rings. The van der Waals surface area contributed by atoms with E-state index in [1.54, 1.807) is 0 Å². The van der Waals surface area contributed by atoms with Crippen LogP contribution in [0, 0.1) is 0 Å². The van der Waals surface area contributed by atoms with Crippen molar-refractivity contribution in [1.82, 2.24) is 9.62 Å². The van der Waals surface area contributed by atoms with E-state index in [2.05, 4.69) is 21.8 Å². The van der Waals surface area contributed by atoms with Crippen molar-refractivity contribution in [2.45, 2.75) is 45.6 Å². The molecule has 24 heavy (non-hydrogen) atoms. The number of likely N-dealkylation sites (tertiary alicyclic amines) is 1. The molecular weight excluding hydrogens is 324 g/mol. The van der Waals surface area contributed by atoms with E-state index in [9.17, 15) is 8.42 Å². The molecule has 1 heterocycles. The van der Waals surface area contributed by atoms with Crippen molar-refractivity contribution in [3.05, 3.63) is 29.8 Å². The van der Waals surface area contributed by atoms with Gasteiger partial charge in [-0.25, -0.2) is 13.1 Å². The first-order chi connectivity index (χ1) is 11.6. The van der Waals surface area contributed by atoms with E-state index in [1.807, 2.05) is 26.0 Å². The largest absolute Gasteiger partial charge is 0.494 e. The molecular formula is C18H30N2O3S. The van der Waals surface area contributed by atoms with Gasteiger partial charge in [0.2, 0.25) is 10.0 Å². The number of sulfonamides is 1. The van der Waals surface area contributed by atoms with Gasteiger partial charge >= 0.3 is 0 Å². The molecule has 0 amide bonds. The highest BCUT2D eigenvalue weighted by atomic mass is 32.2. The fourth-order valence-corrected chi connectivity index (χ4v) is 4.28. The van der Waals surface area contributed by atoms with Crippen LogP contribution in [-0.4, -0.2) is 45.3 Å². The van der Waals surface area contributed by atoms with Crippen molar-refractivity contribution in [3.8, 4) is 5.75 Å². The highest BCUT2D eigenvalue weighted by molar-refractivity contribution is 7.89. The molecule has 1 unspecified atom stereocenters. The minimum absolute atomic E-state index is 0.0765. The molecule has 136 valence electrons. The van der Waals surface area contributed by atoms with Gasteiger partial charge < -0.3 is 4.74 Å². The highest BCUT2D eigenvalue weighted by Gasteiger charge is 2.24. The summed E-state index contributed by atoms with van der Waals surface area (Å²) in [5.41, 5.74) is 1.14. The number of hydrogen-bond acceptors (Lipinski definition) is 4. The van der Waals surface area contributed by atoms with E-state index >= 15 is 0 Å². The third kappa shape index (κ3) is 5.76. The Morgan fingerprint density at radius 1 is 1.12 bits per heavy atom. The molecule has 1 N–H and O–H groups in total. The van der Waals surface area contributed by atoms with Crippen LogP contribution in [0.4, 0.5) is 0 Å². The zero-order valence-electron chi connectivity index (χ0n) is 14.8. The number of ether oxygens (including phenoxy) is 1. The lowest BCUT2D eigenvalue weighted by molar-refractivity contribution is 0.164. The van der Waals surface area contributed by atoms with Crippen LogP contribution in [0.15, 0.2) is 24.3 Å². The summed E-state index contributed by atoms with van der Waals surface area (Å²) in [6.07, 6.45) is 4.24. The zero-order valence-corrected chi connectivity index (χ0v) is 15.6. The smallest absolute Gasteiger partial charge is 0.211 e. The Balaban J connectivity index is 2.12. The van der Waals surface area contributed by atoms with Crippen LogP contribution >= 0.6 is 0 Å². The fraction of sp³-hybridized carbons (Fsp3) is 0.667. The fourth-order valence-electron chi connectivity index (χ4n) is 3.19. The van der Waals surface area contributed by atoms with Crippen molar-refractivity contribution in [1.29, 1.82) is 0 Å². The van der Waals surface area contributed by atoms with E-state index < -0.39 is 10.0 Å². The van der Waals surface area contributed by atoms with Crippen LogP contribution in [0.5, 0.6) is 5.75 Å². The normalized spacial score (nSPS) is 17.6. The average Bonchev–Trinajstić information content (AvgIpc) is 2.57. The van der Waals surface area contributed by atoms with Crippen LogP contribution < -0.4 is 9.46 Å². The summed E-state index contributed by atoms with van der Waals surface area (Å²) in [6.45, 7) is 6.96. The van der Waals surface area contributed by atoms with Crippen LogP contribution in [0.2, 0.25) is 0 Å². The average molecular weight is 355 g/mol. The van der Waals surface area contributed by atoms with Crippen molar-refractivity contribution < 1.29 is 13.2 Å². The van der Waals surface area contributed by atoms with E-state index in [4.69, 9.17) is 4.74 Å². The number of hydrogen-bond donors (Lipinski definition) is 1. The van der Waals surface area contributed by atoms with Crippen molar-refractivity contribution in [2.24, 2.45) is 0 Å². The number of rotatable bonds is 9. The standard InChI is InChI=1S/C18H30N2O3S/c1-3-14-24(21,22)19-15-18(20-12-6-5-7-13-20)16-8-10-17(11-9-16)23-4-2/h8-11,18-19H,3-7,12-15H2,1-2H3. The molecule has 2 rings (SSSR count). The summed E-state index contributed by atoms with van der Waals surface area (Å²) in [7, 11) is -3.19. The van der Waals surface area contributed by atoms with Gasteiger partial charge in [-0.05, 0) is 57.0 Å². The monoisotopic (exact) mass is 354 g/mol. The van der Waals surface area contributed by atoms with Crippen LogP contribution in [0.25, 0.3) is 0 Å². The predicted octanol–water partition coefficient (Wildman–Crippen LogP) is 2.94. The Bertz CT molecular complexity index is 581. The topological polar surface area (TPSA) is 58.6 Å². The van der Waals surface area contributed by atoms with Gasteiger partial charge in [0.05, 0.1) is 12.4 Å². The first kappa shape index (κ1) is 19.2. The molecule has 1 atom stereocenters. The lowest BCUT2D eigenvalue weighted by atomic mass is 10.0. The zero-order chi connectivity index (χ0) is 17.4. The van der Waals surface area contributed by atoms with Crippen molar-refractivity contribution in [2.75, 3.05) is 32.0 Å². The molecule has 1 aliphatic rings. The van der Waals surface area contributed by atoms with Gasteiger partial charge in [-0.15, -0.1) is 0 Å². The third-order valence-corrected chi connectivity index (χ3v) is 5.93. The van der Waals surface area contributed by atoms with Crippen LogP contribution in [0.1, 0.15) is 51.1 Å². The van der Waals surface area contributed by atoms with Gasteiger partial charge in [0, 0.05) is 12.6 Å². The lowest BCUT2D eigenvalue weighted by Crippen LogP contribution is -2.41. The summed E-state index contributed by atoms with van der Waals surface area (Å²) in [4.78, 5) is 2.40. The van der Waals surface area contributed by atoms with Gasteiger partial charge in [0.25, 0.3) is 0 Å². The molecule has 1 aliphatic heterocycles. The summed E-state index contributed by atoms with van der Waals surface area (Å²) in [5, 5.41) is 0. The van der Waals surface area contributed by atoms with Gasteiger partial charge in [0.15, 0.2) is 0 Å². The number of piperidine rings is 1. The summed E-state index contributed by atoms with van der Waals surface area (Å²) in [5.74, 6) is 1.04. The summed E-state index contributed by atoms with van der Waals surface area (Å²) in [6, 6.07) is 8.12. The van der Waals surface area contributed by atoms with Crippen molar-refractivity contribution in [3.63, 3.8) is 0 Å². The van der Waals surface area contributed by atoms with Gasteiger partial charge in [-0.1, -0.05) is 25.5 Å². The summed E-state index contributed by atoms with van der Waals surface area (Å²) >= 11 is 0. The third-order valence-electron chi connectivity index (χ3n) is 4.38. The second kappa shape index (κ2) is 9.39. The molecule has 5 nitrogen and oxygen atoms in total. The molecule has 0 bridgehead atoms. The maximum absolute atomic E-state index is 12.0. The van der Waals surface area contributed by atoms with Gasteiger partial charge in [0.1, 0.15) is 5.75 Å². The SMILES string of the molecule is CCCS(=O)(=O)NCC(c1ccc(OCC)cc1)N1CCCCC1. The molecule has 6 heteroatoms. The Morgan fingerprint density at radius 2 is 1.79 bits per heavy atom. The molecule has 1 saturated heterocycles. The molecule has 0 aromatic heterocycles. The quantitative estimate of drug-likeness (QED) is 0.741. The highest BCUT2D eigenvalue weighted by Crippen LogP contribution is 2.26. The Labute approximate surface area is 146 Å². The maximum Gasteiger partial charge on any atom is 0.211 e. The van der Waals surface area contributed by atoms with Crippen molar-refractivity contribution >= 4 is 10.0 Å². The van der Waals surface area contributed by atoms with E-state index in [0.29, 0.717) is 19.6 Å². The summed E-state index contributed by atoms with van der Waals surface area (Å²) < 4.78 is 32.4. The molecule has 1 fully saturated rings. The van der Waals surface area contributed by atoms with Crippen LogP contribution in [-0.2, 0) is 10.0 Å². The number of nitrogens with one attached hydrogen (secondary N) is 1. The first-order valence-electron chi connectivity index (χ1n) is 9.00. The second-order valence-corrected chi connectivity index (χ2v) is 8.21. The number of nitrogens with zero attached hydrogens (tertiary/aromatic N) is 1. The Kier molecular flexibility index (Phi) is 7.52. The lowest BCUT2D eigenvalue weighted by Gasteiger charge is -2.35. The van der Waals surface area contributed by atoms with Crippen LogP contribution in [0.3, 0.4) is 0 Å². The Morgan fingerprint density at radius 3 is 2.38 bits per heavy atom. The first-order valence-corrected chi connectivity index (χ1v) is 10.6. The van der Waals surface area contributed by atoms with E-state index in [1.165, 1.54) is 19.3 Å². The number of benzene rings is 1. The molecule has 0 radical (unpaired) electrons.